The minimum Gasteiger partial charge on any atom is -0.493 e. The molecule has 0 bridgehead atoms. The van der Waals surface area contributed by atoms with Crippen molar-refractivity contribution in [3.63, 3.8) is 0 Å². The van der Waals surface area contributed by atoms with E-state index in [0.717, 1.165) is 24.8 Å². The first-order chi connectivity index (χ1) is 12.1. The summed E-state index contributed by atoms with van der Waals surface area (Å²) in [7, 11) is 3.10. The van der Waals surface area contributed by atoms with E-state index >= 15 is 0 Å². The zero-order valence-corrected chi connectivity index (χ0v) is 15.4. The third-order valence-electron chi connectivity index (χ3n) is 4.89. The average molecular weight is 366 g/mol. The molecule has 0 spiro atoms. The highest BCUT2D eigenvalue weighted by Crippen LogP contribution is 2.36. The lowest BCUT2D eigenvalue weighted by Gasteiger charge is -2.43. The van der Waals surface area contributed by atoms with E-state index in [-0.39, 0.29) is 18.1 Å². The van der Waals surface area contributed by atoms with Crippen molar-refractivity contribution in [1.29, 1.82) is 0 Å². The van der Waals surface area contributed by atoms with Gasteiger partial charge in [-0.05, 0) is 36.6 Å². The van der Waals surface area contributed by atoms with Crippen LogP contribution in [-0.4, -0.2) is 50.3 Å². The lowest BCUT2D eigenvalue weighted by molar-refractivity contribution is -0.144. The summed E-state index contributed by atoms with van der Waals surface area (Å²) in [6.07, 6.45) is 7.97. The van der Waals surface area contributed by atoms with Crippen LogP contribution in [0.5, 0.6) is 11.5 Å². The van der Waals surface area contributed by atoms with Gasteiger partial charge in [-0.3, -0.25) is 4.79 Å². The van der Waals surface area contributed by atoms with Gasteiger partial charge in [-0.2, -0.15) is 0 Å². The number of hydrogen-bond acceptors (Lipinski definition) is 4. The Hall–Kier alpha value is -1.72. The van der Waals surface area contributed by atoms with E-state index in [4.69, 9.17) is 25.8 Å². The Morgan fingerprint density at radius 3 is 2.84 bits per heavy atom. The monoisotopic (exact) mass is 365 g/mol. The molecule has 136 valence electrons. The molecule has 0 N–H and O–H groups in total. The van der Waals surface area contributed by atoms with Gasteiger partial charge in [-0.25, -0.2) is 0 Å². The molecule has 6 heteroatoms. The van der Waals surface area contributed by atoms with Gasteiger partial charge < -0.3 is 19.1 Å². The molecule has 0 radical (unpaired) electrons. The Kier molecular flexibility index (Phi) is 5.86. The fourth-order valence-corrected chi connectivity index (χ4v) is 3.96. The third kappa shape index (κ3) is 3.93. The molecule has 2 aliphatic rings. The van der Waals surface area contributed by atoms with Crippen molar-refractivity contribution < 1.29 is 19.0 Å². The normalized spacial score (nSPS) is 23.4. The lowest BCUT2D eigenvalue weighted by Crippen LogP contribution is -2.54. The predicted molar refractivity (Wildman–Crippen MR) is 97.3 cm³/mol. The summed E-state index contributed by atoms with van der Waals surface area (Å²) >= 11 is 6.22. The topological polar surface area (TPSA) is 48.0 Å². The minimum atomic E-state index is 0.0195. The van der Waals surface area contributed by atoms with Gasteiger partial charge in [-0.1, -0.05) is 24.4 Å². The first-order valence-corrected chi connectivity index (χ1v) is 9.03. The van der Waals surface area contributed by atoms with Gasteiger partial charge in [0.05, 0.1) is 38.0 Å². The maximum absolute atomic E-state index is 12.7. The quantitative estimate of drug-likeness (QED) is 0.766. The number of rotatable bonds is 4. The molecule has 1 aromatic carbocycles. The maximum Gasteiger partial charge on any atom is 0.246 e. The fraction of sp³-hybridized carbons (Fsp3) is 0.526. The number of benzene rings is 1. The number of amides is 1. The number of halogens is 1. The molecule has 1 aromatic rings. The van der Waals surface area contributed by atoms with E-state index < -0.39 is 0 Å². The lowest BCUT2D eigenvalue weighted by atomic mass is 9.90. The Morgan fingerprint density at radius 1 is 1.28 bits per heavy atom. The summed E-state index contributed by atoms with van der Waals surface area (Å²) in [5.41, 5.74) is 0.796. The average Bonchev–Trinajstić information content (AvgIpc) is 2.65. The van der Waals surface area contributed by atoms with E-state index in [1.165, 1.54) is 6.42 Å². The van der Waals surface area contributed by atoms with Crippen molar-refractivity contribution in [3.05, 3.63) is 28.8 Å². The van der Waals surface area contributed by atoms with Crippen LogP contribution in [0.4, 0.5) is 0 Å². The summed E-state index contributed by atoms with van der Waals surface area (Å²) in [5, 5.41) is 0.452. The van der Waals surface area contributed by atoms with Crippen LogP contribution >= 0.6 is 11.6 Å². The van der Waals surface area contributed by atoms with Crippen molar-refractivity contribution in [3.8, 4) is 11.5 Å². The Labute approximate surface area is 153 Å². The van der Waals surface area contributed by atoms with Crippen LogP contribution in [0, 0.1) is 0 Å². The van der Waals surface area contributed by atoms with E-state index in [1.807, 2.05) is 4.90 Å². The standard InChI is InChI=1S/C19H24ClNO4/c1-23-17-12-13(11-14(20)19(17)24-2)7-8-18(22)21-9-10-25-16-6-4-3-5-15(16)21/h7-8,11-12,15-16H,3-6,9-10H2,1-2H3/b8-7+. The molecule has 0 aromatic heterocycles. The van der Waals surface area contributed by atoms with Gasteiger partial charge >= 0.3 is 0 Å². The summed E-state index contributed by atoms with van der Waals surface area (Å²) in [6.45, 7) is 1.26. The summed E-state index contributed by atoms with van der Waals surface area (Å²) < 4.78 is 16.4. The zero-order valence-electron chi connectivity index (χ0n) is 14.7. The second-order valence-corrected chi connectivity index (χ2v) is 6.77. The molecule has 1 saturated heterocycles. The third-order valence-corrected chi connectivity index (χ3v) is 5.17. The van der Waals surface area contributed by atoms with Crippen LogP contribution in [-0.2, 0) is 9.53 Å². The molecule has 1 aliphatic carbocycles. The van der Waals surface area contributed by atoms with Crippen LogP contribution < -0.4 is 9.47 Å². The van der Waals surface area contributed by atoms with Crippen molar-refractivity contribution in [2.45, 2.75) is 37.8 Å². The van der Waals surface area contributed by atoms with E-state index in [0.29, 0.717) is 29.7 Å². The van der Waals surface area contributed by atoms with E-state index in [9.17, 15) is 4.79 Å². The highest BCUT2D eigenvalue weighted by molar-refractivity contribution is 6.32. The van der Waals surface area contributed by atoms with Gasteiger partial charge in [-0.15, -0.1) is 0 Å². The number of hydrogen-bond donors (Lipinski definition) is 0. The van der Waals surface area contributed by atoms with Gasteiger partial charge in [0.25, 0.3) is 0 Å². The van der Waals surface area contributed by atoms with Gasteiger partial charge in [0.2, 0.25) is 5.91 Å². The second kappa shape index (κ2) is 8.11. The van der Waals surface area contributed by atoms with Gasteiger partial charge in [0, 0.05) is 12.6 Å². The number of morpholine rings is 1. The number of carbonyl (C=O) groups excluding carboxylic acids is 1. The molecule has 2 unspecified atom stereocenters. The molecule has 1 amide bonds. The molecule has 2 atom stereocenters. The Bertz CT molecular complexity index is 659. The molecule has 3 rings (SSSR count). The maximum atomic E-state index is 12.7. The van der Waals surface area contributed by atoms with E-state index in [2.05, 4.69) is 0 Å². The second-order valence-electron chi connectivity index (χ2n) is 6.36. The molecule has 1 aliphatic heterocycles. The van der Waals surface area contributed by atoms with Crippen LogP contribution in [0.1, 0.15) is 31.2 Å². The Morgan fingerprint density at radius 2 is 2.08 bits per heavy atom. The first-order valence-electron chi connectivity index (χ1n) is 8.66. The number of fused-ring (bicyclic) bond motifs is 1. The fourth-order valence-electron chi connectivity index (χ4n) is 3.67. The molecule has 2 fully saturated rings. The summed E-state index contributed by atoms with van der Waals surface area (Å²) in [4.78, 5) is 14.6. The molecule has 1 heterocycles. The zero-order chi connectivity index (χ0) is 17.8. The van der Waals surface area contributed by atoms with Gasteiger partial charge in [0.15, 0.2) is 11.5 Å². The van der Waals surface area contributed by atoms with E-state index in [1.54, 1.807) is 38.5 Å². The SMILES string of the molecule is COc1cc(/C=C/C(=O)N2CCOC3CCCCC32)cc(Cl)c1OC. The molecular weight excluding hydrogens is 342 g/mol. The van der Waals surface area contributed by atoms with Crippen LogP contribution in [0.15, 0.2) is 18.2 Å². The molecular formula is C19H24ClNO4. The van der Waals surface area contributed by atoms with Crippen LogP contribution in [0.2, 0.25) is 5.02 Å². The number of methoxy groups -OCH3 is 2. The van der Waals surface area contributed by atoms with Crippen LogP contribution in [0.25, 0.3) is 6.08 Å². The van der Waals surface area contributed by atoms with Crippen LogP contribution in [0.3, 0.4) is 0 Å². The first kappa shape index (κ1) is 18.1. The van der Waals surface area contributed by atoms with Crippen molar-refractivity contribution in [2.75, 3.05) is 27.4 Å². The predicted octanol–water partition coefficient (Wildman–Crippen LogP) is 3.54. The highest BCUT2D eigenvalue weighted by Gasteiger charge is 2.35. The molecule has 1 saturated carbocycles. The van der Waals surface area contributed by atoms with Gasteiger partial charge in [0.1, 0.15) is 0 Å². The highest BCUT2D eigenvalue weighted by atomic mass is 35.5. The molecule has 5 nitrogen and oxygen atoms in total. The number of carbonyl (C=O) groups is 1. The smallest absolute Gasteiger partial charge is 0.246 e. The summed E-state index contributed by atoms with van der Waals surface area (Å²) in [6, 6.07) is 3.76. The van der Waals surface area contributed by atoms with Crippen molar-refractivity contribution in [2.24, 2.45) is 0 Å². The van der Waals surface area contributed by atoms with Crippen molar-refractivity contribution in [1.82, 2.24) is 4.90 Å². The minimum absolute atomic E-state index is 0.0195. The van der Waals surface area contributed by atoms with Crippen molar-refractivity contribution >= 4 is 23.6 Å². The largest absolute Gasteiger partial charge is 0.493 e. The number of nitrogens with zero attached hydrogens (tertiary/aromatic N) is 1. The Balaban J connectivity index is 1.75. The number of ether oxygens (including phenoxy) is 3. The summed E-state index contributed by atoms with van der Waals surface area (Å²) in [5.74, 6) is 1.05. The molecule has 25 heavy (non-hydrogen) atoms.